The Balaban J connectivity index is 2.15. The van der Waals surface area contributed by atoms with Crippen molar-refractivity contribution in [2.24, 2.45) is 11.1 Å². The van der Waals surface area contributed by atoms with E-state index >= 15 is 0 Å². The second-order valence-corrected chi connectivity index (χ2v) is 7.19. The number of rotatable bonds is 4. The summed E-state index contributed by atoms with van der Waals surface area (Å²) in [6.07, 6.45) is 4.02. The van der Waals surface area contributed by atoms with Crippen molar-refractivity contribution in [3.63, 3.8) is 0 Å². The summed E-state index contributed by atoms with van der Waals surface area (Å²) in [6.45, 7) is 4.51. The van der Waals surface area contributed by atoms with E-state index in [2.05, 4.69) is 21.2 Å². The number of carbonyl (C=O) groups excluding carboxylic acids is 1. The molecule has 0 unspecified atom stereocenters. The highest BCUT2D eigenvalue weighted by molar-refractivity contribution is 9.10. The highest BCUT2D eigenvalue weighted by Crippen LogP contribution is 2.38. The minimum atomic E-state index is -0.386. The average molecular weight is 339 g/mol. The molecule has 1 aromatic carbocycles. The van der Waals surface area contributed by atoms with E-state index in [0.29, 0.717) is 6.54 Å². The summed E-state index contributed by atoms with van der Waals surface area (Å²) in [7, 11) is 0. The van der Waals surface area contributed by atoms with Gasteiger partial charge in [0, 0.05) is 11.0 Å². The Morgan fingerprint density at radius 1 is 1.30 bits per heavy atom. The molecule has 1 aliphatic carbocycles. The number of hydrogen-bond acceptors (Lipinski definition) is 2. The molecule has 2 rings (SSSR count). The third kappa shape index (κ3) is 3.07. The molecule has 0 atom stereocenters. The van der Waals surface area contributed by atoms with Crippen molar-refractivity contribution in [3.8, 4) is 0 Å². The van der Waals surface area contributed by atoms with Crippen LogP contribution in [0.2, 0.25) is 0 Å². The van der Waals surface area contributed by atoms with Gasteiger partial charge in [-0.1, -0.05) is 40.9 Å². The van der Waals surface area contributed by atoms with Gasteiger partial charge in [-0.2, -0.15) is 0 Å². The minimum absolute atomic E-state index is 0.102. The van der Waals surface area contributed by atoms with E-state index in [1.807, 2.05) is 38.1 Å². The average Bonchev–Trinajstić information content (AvgIpc) is 2.88. The van der Waals surface area contributed by atoms with Gasteiger partial charge in [0.2, 0.25) is 5.91 Å². The minimum Gasteiger partial charge on any atom is -0.347 e. The molecule has 1 aliphatic rings. The van der Waals surface area contributed by atoms with Crippen molar-refractivity contribution in [2.75, 3.05) is 6.54 Å². The molecule has 0 aliphatic heterocycles. The van der Waals surface area contributed by atoms with Crippen LogP contribution in [0.4, 0.5) is 0 Å². The lowest BCUT2D eigenvalue weighted by atomic mass is 9.83. The van der Waals surface area contributed by atoms with Gasteiger partial charge < -0.3 is 11.1 Å². The van der Waals surface area contributed by atoms with E-state index < -0.39 is 0 Å². The van der Waals surface area contributed by atoms with Gasteiger partial charge in [-0.15, -0.1) is 0 Å². The zero-order chi connectivity index (χ0) is 14.8. The van der Waals surface area contributed by atoms with Crippen molar-refractivity contribution in [1.29, 1.82) is 0 Å². The van der Waals surface area contributed by atoms with Crippen LogP contribution in [0.5, 0.6) is 0 Å². The highest BCUT2D eigenvalue weighted by atomic mass is 79.9. The molecular formula is C16H23BrN2O. The number of carbonyl (C=O) groups is 1. The zero-order valence-corrected chi connectivity index (χ0v) is 13.8. The predicted octanol–water partition coefficient (Wildman–Crippen LogP) is 3.32. The molecule has 1 saturated carbocycles. The number of amides is 1. The Labute approximate surface area is 129 Å². The summed E-state index contributed by atoms with van der Waals surface area (Å²) in [5.74, 6) is 0.102. The van der Waals surface area contributed by atoms with Crippen LogP contribution in [-0.4, -0.2) is 12.5 Å². The third-order valence-electron chi connectivity index (χ3n) is 4.43. The number of nitrogens with two attached hydrogens (primary N) is 1. The van der Waals surface area contributed by atoms with Gasteiger partial charge in [-0.3, -0.25) is 4.79 Å². The first-order chi connectivity index (χ1) is 9.39. The SMILES string of the molecule is CC(C)(NC(=O)C1(CN)CCCC1)c1ccc(Br)cc1. The Morgan fingerprint density at radius 2 is 1.85 bits per heavy atom. The molecule has 1 aromatic rings. The fourth-order valence-corrected chi connectivity index (χ4v) is 3.20. The second-order valence-electron chi connectivity index (χ2n) is 6.28. The number of halogens is 1. The summed E-state index contributed by atoms with van der Waals surface area (Å²) in [6, 6.07) is 8.07. The molecule has 20 heavy (non-hydrogen) atoms. The molecule has 4 heteroatoms. The normalized spacial score (nSPS) is 18.0. The van der Waals surface area contributed by atoms with Crippen molar-refractivity contribution in [2.45, 2.75) is 45.1 Å². The largest absolute Gasteiger partial charge is 0.347 e. The molecule has 0 spiro atoms. The molecule has 1 amide bonds. The molecular weight excluding hydrogens is 316 g/mol. The molecule has 0 heterocycles. The summed E-state index contributed by atoms with van der Waals surface area (Å²) in [5.41, 5.74) is 6.24. The fraction of sp³-hybridized carbons (Fsp3) is 0.562. The molecule has 1 fully saturated rings. The van der Waals surface area contributed by atoms with Crippen molar-refractivity contribution >= 4 is 21.8 Å². The van der Waals surface area contributed by atoms with Gasteiger partial charge in [0.15, 0.2) is 0 Å². The van der Waals surface area contributed by atoms with E-state index in [9.17, 15) is 4.79 Å². The highest BCUT2D eigenvalue weighted by Gasteiger charge is 2.41. The van der Waals surface area contributed by atoms with Gasteiger partial charge in [-0.25, -0.2) is 0 Å². The summed E-state index contributed by atoms with van der Waals surface area (Å²) < 4.78 is 1.04. The first-order valence-electron chi connectivity index (χ1n) is 7.18. The van der Waals surface area contributed by atoms with Crippen LogP contribution >= 0.6 is 15.9 Å². The smallest absolute Gasteiger partial charge is 0.228 e. The molecule has 0 saturated heterocycles. The Morgan fingerprint density at radius 3 is 2.35 bits per heavy atom. The van der Waals surface area contributed by atoms with Crippen molar-refractivity contribution in [3.05, 3.63) is 34.3 Å². The number of nitrogens with one attached hydrogen (secondary N) is 1. The summed E-state index contributed by atoms with van der Waals surface area (Å²) >= 11 is 3.43. The van der Waals surface area contributed by atoms with Gasteiger partial charge >= 0.3 is 0 Å². The fourth-order valence-electron chi connectivity index (χ4n) is 2.93. The van der Waals surface area contributed by atoms with Crippen molar-refractivity contribution in [1.82, 2.24) is 5.32 Å². The van der Waals surface area contributed by atoms with E-state index in [4.69, 9.17) is 5.73 Å². The third-order valence-corrected chi connectivity index (χ3v) is 4.95. The molecule has 0 bridgehead atoms. The Bertz CT molecular complexity index is 476. The quantitative estimate of drug-likeness (QED) is 0.884. The molecule has 0 aromatic heterocycles. The van der Waals surface area contributed by atoms with Gasteiger partial charge in [0.25, 0.3) is 0 Å². The molecule has 0 radical (unpaired) electrons. The van der Waals surface area contributed by atoms with E-state index in [1.165, 1.54) is 0 Å². The zero-order valence-electron chi connectivity index (χ0n) is 12.2. The number of benzene rings is 1. The van der Waals surface area contributed by atoms with E-state index in [1.54, 1.807) is 0 Å². The van der Waals surface area contributed by atoms with Crippen LogP contribution in [0, 0.1) is 5.41 Å². The predicted molar refractivity (Wildman–Crippen MR) is 85.3 cm³/mol. The number of hydrogen-bond donors (Lipinski definition) is 2. The lowest BCUT2D eigenvalue weighted by molar-refractivity contribution is -0.132. The van der Waals surface area contributed by atoms with Gasteiger partial charge in [-0.05, 0) is 44.4 Å². The lowest BCUT2D eigenvalue weighted by Gasteiger charge is -2.33. The van der Waals surface area contributed by atoms with Crippen LogP contribution in [0.15, 0.2) is 28.7 Å². The lowest BCUT2D eigenvalue weighted by Crippen LogP contribution is -2.50. The van der Waals surface area contributed by atoms with Crippen LogP contribution in [-0.2, 0) is 10.3 Å². The monoisotopic (exact) mass is 338 g/mol. The summed E-state index contributed by atoms with van der Waals surface area (Å²) in [4.78, 5) is 12.7. The van der Waals surface area contributed by atoms with Crippen LogP contribution in [0.25, 0.3) is 0 Å². The maximum Gasteiger partial charge on any atom is 0.228 e. The maximum absolute atomic E-state index is 12.7. The maximum atomic E-state index is 12.7. The molecule has 110 valence electrons. The van der Waals surface area contributed by atoms with Crippen LogP contribution in [0.1, 0.15) is 45.1 Å². The molecule has 3 nitrogen and oxygen atoms in total. The van der Waals surface area contributed by atoms with Crippen molar-refractivity contribution < 1.29 is 4.79 Å². The Kier molecular flexibility index (Phi) is 4.55. The first kappa shape index (κ1) is 15.5. The summed E-state index contributed by atoms with van der Waals surface area (Å²) in [5, 5.41) is 3.19. The van der Waals surface area contributed by atoms with E-state index in [-0.39, 0.29) is 16.9 Å². The Hall–Kier alpha value is -0.870. The van der Waals surface area contributed by atoms with E-state index in [0.717, 1.165) is 35.7 Å². The van der Waals surface area contributed by atoms with Crippen LogP contribution in [0.3, 0.4) is 0 Å². The molecule has 3 N–H and O–H groups in total. The standard InChI is InChI=1S/C16H23BrN2O/c1-15(2,12-5-7-13(17)8-6-12)19-14(20)16(11-18)9-3-4-10-16/h5-8H,3-4,9-11,18H2,1-2H3,(H,19,20). The second kappa shape index (κ2) is 5.86. The first-order valence-corrected chi connectivity index (χ1v) is 7.98. The van der Waals surface area contributed by atoms with Crippen LogP contribution < -0.4 is 11.1 Å². The topological polar surface area (TPSA) is 55.1 Å². The van der Waals surface area contributed by atoms with Gasteiger partial charge in [0.1, 0.15) is 0 Å². The van der Waals surface area contributed by atoms with Gasteiger partial charge in [0.05, 0.1) is 11.0 Å².